The molecule has 0 bridgehead atoms. The predicted octanol–water partition coefficient (Wildman–Crippen LogP) is 1.51. The first-order chi connectivity index (χ1) is 16.0. The van der Waals surface area contributed by atoms with E-state index in [-0.39, 0.29) is 21.9 Å². The number of carbonyl (C=O) groups excluding carboxylic acids is 3. The van der Waals surface area contributed by atoms with Gasteiger partial charge in [0, 0.05) is 7.05 Å². The Balaban J connectivity index is 1.99. The molecular weight excluding hydrogens is 460 g/mol. The molecule has 11 heteroatoms. The van der Waals surface area contributed by atoms with Gasteiger partial charge in [-0.2, -0.15) is 13.7 Å². The van der Waals surface area contributed by atoms with Gasteiger partial charge in [-0.25, -0.2) is 9.86 Å². The van der Waals surface area contributed by atoms with E-state index in [2.05, 4.69) is 0 Å². The summed E-state index contributed by atoms with van der Waals surface area (Å²) in [5.41, 5.74) is 1.04. The average Bonchev–Trinajstić information content (AvgIpc) is 2.98. The normalized spacial score (nSPS) is 15.6. The minimum absolute atomic E-state index is 0.0164. The number of hydroxylamine groups is 2. The predicted molar refractivity (Wildman–Crippen MR) is 122 cm³/mol. The molecule has 0 saturated carbocycles. The number of urea groups is 1. The van der Waals surface area contributed by atoms with Crippen molar-refractivity contribution in [1.82, 2.24) is 14.9 Å². The Morgan fingerprint density at radius 3 is 2.06 bits per heavy atom. The summed E-state index contributed by atoms with van der Waals surface area (Å²) in [4.78, 5) is 38.4. The molecule has 1 atom stereocenters. The molecular formula is C23H22N4O6S. The van der Waals surface area contributed by atoms with E-state index in [0.717, 1.165) is 16.0 Å². The van der Waals surface area contributed by atoms with E-state index in [1.807, 2.05) is 6.07 Å². The first kappa shape index (κ1) is 24.6. The summed E-state index contributed by atoms with van der Waals surface area (Å²) in [5.74, 6) is -0.587. The van der Waals surface area contributed by atoms with E-state index >= 15 is 0 Å². The van der Waals surface area contributed by atoms with Crippen molar-refractivity contribution in [2.45, 2.75) is 25.4 Å². The van der Waals surface area contributed by atoms with Crippen LogP contribution in [0.5, 0.6) is 0 Å². The number of nitrogens with zero attached hydrogens (tertiary/aromatic N) is 4. The fourth-order valence-electron chi connectivity index (χ4n) is 3.64. The Morgan fingerprint density at radius 2 is 1.65 bits per heavy atom. The van der Waals surface area contributed by atoms with Crippen molar-refractivity contribution in [2.24, 2.45) is 0 Å². The summed E-state index contributed by atoms with van der Waals surface area (Å²) in [6.07, 6.45) is 0.0164. The quantitative estimate of drug-likeness (QED) is 0.158. The van der Waals surface area contributed by atoms with Gasteiger partial charge < -0.3 is 4.90 Å². The lowest BCUT2D eigenvalue weighted by Crippen LogP contribution is -2.50. The minimum atomic E-state index is -2.91. The number of benzene rings is 2. The van der Waals surface area contributed by atoms with E-state index in [0.29, 0.717) is 5.56 Å². The molecule has 1 aliphatic rings. The van der Waals surface area contributed by atoms with E-state index in [4.69, 9.17) is 5.26 Å². The fourth-order valence-corrected chi connectivity index (χ4v) is 4.37. The van der Waals surface area contributed by atoms with Crippen LogP contribution in [0.25, 0.3) is 11.1 Å². The third-order valence-electron chi connectivity index (χ3n) is 5.91. The van der Waals surface area contributed by atoms with Crippen LogP contribution in [0.3, 0.4) is 0 Å². The zero-order valence-electron chi connectivity index (χ0n) is 18.7. The summed E-state index contributed by atoms with van der Waals surface area (Å²) in [7, 11) is -1.47. The average molecular weight is 483 g/mol. The fraction of sp³-hybridized carbons (Fsp3) is 0.261. The van der Waals surface area contributed by atoms with Crippen LogP contribution in [-0.2, 0) is 19.9 Å². The standard InChI is InChI=1S/C23H22N4O6S/c1-23(2)21(29)26(22(30)25(23)3)13-19(27(31)14-28)20(34(32)33)18-10-8-17(9-11-18)16-6-4-15(12-24)5-7-16/h4-11,14,19,31H,13H2,1-3H3. The van der Waals surface area contributed by atoms with E-state index < -0.39 is 40.4 Å². The third-order valence-corrected chi connectivity index (χ3v) is 6.77. The molecule has 0 aromatic heterocycles. The number of carbonyl (C=O) groups is 3. The third kappa shape index (κ3) is 4.41. The number of amides is 4. The van der Waals surface area contributed by atoms with Crippen molar-refractivity contribution < 1.29 is 28.0 Å². The lowest BCUT2D eigenvalue weighted by molar-refractivity contribution is -0.156. The van der Waals surface area contributed by atoms with E-state index in [9.17, 15) is 28.0 Å². The second-order valence-electron chi connectivity index (χ2n) is 8.18. The molecule has 1 heterocycles. The second-order valence-corrected chi connectivity index (χ2v) is 9.09. The molecule has 1 aliphatic heterocycles. The highest BCUT2D eigenvalue weighted by atomic mass is 32.2. The van der Waals surface area contributed by atoms with Gasteiger partial charge in [0.25, 0.3) is 5.91 Å². The Kier molecular flexibility index (Phi) is 6.85. The summed E-state index contributed by atoms with van der Waals surface area (Å²) in [6, 6.07) is 12.9. The van der Waals surface area contributed by atoms with Gasteiger partial charge in [-0.1, -0.05) is 36.4 Å². The molecule has 0 aliphatic carbocycles. The molecule has 1 fully saturated rings. The number of imide groups is 1. The van der Waals surface area contributed by atoms with Gasteiger partial charge in [0.05, 0.1) is 18.2 Å². The van der Waals surface area contributed by atoms with Gasteiger partial charge in [-0.3, -0.25) is 19.7 Å². The molecule has 10 nitrogen and oxygen atoms in total. The Morgan fingerprint density at radius 1 is 1.12 bits per heavy atom. The highest BCUT2D eigenvalue weighted by Crippen LogP contribution is 2.27. The van der Waals surface area contributed by atoms with Gasteiger partial charge in [0.15, 0.2) is 0 Å². The molecule has 0 spiro atoms. The number of nitriles is 1. The zero-order chi connectivity index (χ0) is 25.2. The molecule has 1 N–H and O–H groups in total. The van der Waals surface area contributed by atoms with Crippen molar-refractivity contribution in [1.29, 1.82) is 5.26 Å². The van der Waals surface area contributed by atoms with Gasteiger partial charge in [-0.05, 0) is 42.7 Å². The first-order valence-corrected chi connectivity index (χ1v) is 11.2. The van der Waals surface area contributed by atoms with Crippen LogP contribution in [0, 0.1) is 11.3 Å². The second kappa shape index (κ2) is 9.46. The van der Waals surface area contributed by atoms with Crippen molar-refractivity contribution in [3.63, 3.8) is 0 Å². The molecule has 34 heavy (non-hydrogen) atoms. The molecule has 3 rings (SSSR count). The Labute approximate surface area is 197 Å². The highest BCUT2D eigenvalue weighted by Gasteiger charge is 2.50. The van der Waals surface area contributed by atoms with E-state index in [1.165, 1.54) is 37.9 Å². The van der Waals surface area contributed by atoms with Crippen LogP contribution in [0.15, 0.2) is 48.5 Å². The van der Waals surface area contributed by atoms with Gasteiger partial charge in [-0.15, -0.1) is 0 Å². The summed E-state index contributed by atoms with van der Waals surface area (Å²) in [5, 5.41) is 19.3. The van der Waals surface area contributed by atoms with Crippen molar-refractivity contribution in [3.8, 4) is 17.2 Å². The Hall–Kier alpha value is -4.01. The first-order valence-electron chi connectivity index (χ1n) is 10.1. The van der Waals surface area contributed by atoms with Crippen LogP contribution in [-0.4, -0.2) is 76.9 Å². The summed E-state index contributed by atoms with van der Waals surface area (Å²) < 4.78 is 24.4. The maximum atomic E-state index is 12.8. The number of hydrogen-bond donors (Lipinski definition) is 1. The van der Waals surface area contributed by atoms with Crippen molar-refractivity contribution >= 4 is 33.5 Å². The lowest BCUT2D eigenvalue weighted by atomic mass is 9.99. The van der Waals surface area contributed by atoms with Crippen LogP contribution < -0.4 is 0 Å². The lowest BCUT2D eigenvalue weighted by Gasteiger charge is -2.26. The van der Waals surface area contributed by atoms with Gasteiger partial charge in [0.1, 0.15) is 16.4 Å². The van der Waals surface area contributed by atoms with Crippen LogP contribution in [0.4, 0.5) is 4.79 Å². The van der Waals surface area contributed by atoms with Crippen LogP contribution in [0.2, 0.25) is 0 Å². The number of hydrogen-bond acceptors (Lipinski definition) is 7. The SMILES string of the molecule is CN1C(=O)N(CC(C(c2ccc(-c3ccc(C#N)cc3)cc2)=S(=O)=O)N(O)C=O)C(=O)C1(C)C. The topological polar surface area (TPSA) is 139 Å². The minimum Gasteiger partial charge on any atom is -0.313 e. The van der Waals surface area contributed by atoms with Crippen molar-refractivity contribution in [3.05, 3.63) is 59.7 Å². The smallest absolute Gasteiger partial charge is 0.313 e. The summed E-state index contributed by atoms with van der Waals surface area (Å²) in [6.45, 7) is 2.52. The van der Waals surface area contributed by atoms with Crippen LogP contribution >= 0.6 is 0 Å². The number of rotatable bonds is 7. The van der Waals surface area contributed by atoms with Gasteiger partial charge in [0.2, 0.25) is 16.7 Å². The Bertz CT molecular complexity index is 1300. The zero-order valence-corrected chi connectivity index (χ0v) is 19.5. The monoisotopic (exact) mass is 482 g/mol. The molecule has 1 saturated heterocycles. The van der Waals surface area contributed by atoms with Crippen LogP contribution in [0.1, 0.15) is 25.0 Å². The maximum Gasteiger partial charge on any atom is 0.327 e. The number of likely N-dealkylation sites (N-methyl/N-ethyl adjacent to an activating group) is 1. The molecule has 4 amide bonds. The molecule has 1 unspecified atom stereocenters. The van der Waals surface area contributed by atoms with E-state index in [1.54, 1.807) is 36.4 Å². The molecule has 0 radical (unpaired) electrons. The summed E-state index contributed by atoms with van der Waals surface area (Å²) >= 11 is 0. The molecule has 2 aromatic rings. The molecule has 2 aromatic carbocycles. The largest absolute Gasteiger partial charge is 0.327 e. The maximum absolute atomic E-state index is 12.8. The van der Waals surface area contributed by atoms with Gasteiger partial charge >= 0.3 is 6.03 Å². The highest BCUT2D eigenvalue weighted by molar-refractivity contribution is 7.73. The molecule has 176 valence electrons. The van der Waals surface area contributed by atoms with Crippen molar-refractivity contribution in [2.75, 3.05) is 13.6 Å².